The number of hydrogen-bond acceptors (Lipinski definition) is 2. The van der Waals surface area contributed by atoms with Crippen LogP contribution in [0.3, 0.4) is 0 Å². The van der Waals surface area contributed by atoms with Crippen LogP contribution in [0.5, 0.6) is 5.75 Å². The summed E-state index contributed by atoms with van der Waals surface area (Å²) in [6.45, 7) is 3.13. The highest BCUT2D eigenvalue weighted by molar-refractivity contribution is 14.1. The summed E-state index contributed by atoms with van der Waals surface area (Å²) in [5, 5.41) is 0. The van der Waals surface area contributed by atoms with Gasteiger partial charge in [-0.3, -0.25) is 4.79 Å². The summed E-state index contributed by atoms with van der Waals surface area (Å²) in [7, 11) is 0. The predicted octanol–water partition coefficient (Wildman–Crippen LogP) is 3.21. The molecule has 3 nitrogen and oxygen atoms in total. The van der Waals surface area contributed by atoms with Gasteiger partial charge < -0.3 is 9.64 Å². The molecule has 0 aromatic heterocycles. The van der Waals surface area contributed by atoms with Gasteiger partial charge in [-0.25, -0.2) is 0 Å². The maximum Gasteiger partial charge on any atom is 0.265 e. The number of hydrogen-bond donors (Lipinski definition) is 0. The topological polar surface area (TPSA) is 29.5 Å². The molecule has 0 N–H and O–H groups in total. The van der Waals surface area contributed by atoms with Crippen LogP contribution in [0.4, 0.5) is 5.69 Å². The molecular formula is C13H16INO2. The second-order valence-corrected chi connectivity index (χ2v) is 5.40. The molecule has 4 heteroatoms. The second kappa shape index (κ2) is 5.71. The average molecular weight is 345 g/mol. The number of halogens is 1. The molecule has 0 radical (unpaired) electrons. The first kappa shape index (κ1) is 12.7. The lowest BCUT2D eigenvalue weighted by atomic mass is 10.2. The van der Waals surface area contributed by atoms with Gasteiger partial charge in [-0.05, 0) is 47.2 Å². The summed E-state index contributed by atoms with van der Waals surface area (Å²) in [6, 6.07) is 5.95. The maximum atomic E-state index is 11.9. The van der Waals surface area contributed by atoms with Crippen molar-refractivity contribution in [1.29, 1.82) is 0 Å². The summed E-state index contributed by atoms with van der Waals surface area (Å²) >= 11 is 2.25. The molecule has 0 saturated heterocycles. The highest BCUT2D eigenvalue weighted by atomic mass is 127. The molecule has 0 fully saturated rings. The highest BCUT2D eigenvalue weighted by Gasteiger charge is 2.24. The molecular weight excluding hydrogens is 329 g/mol. The van der Waals surface area contributed by atoms with Gasteiger partial charge in [-0.15, -0.1) is 0 Å². The Morgan fingerprint density at radius 2 is 2.24 bits per heavy atom. The number of nitrogens with zero attached hydrogens (tertiary/aromatic N) is 1. The van der Waals surface area contributed by atoms with E-state index in [1.165, 1.54) is 0 Å². The van der Waals surface area contributed by atoms with Crippen molar-refractivity contribution in [2.45, 2.75) is 26.2 Å². The molecule has 0 saturated carbocycles. The van der Waals surface area contributed by atoms with Gasteiger partial charge in [-0.1, -0.05) is 19.8 Å². The smallest absolute Gasteiger partial charge is 0.265 e. The van der Waals surface area contributed by atoms with E-state index in [0.29, 0.717) is 0 Å². The van der Waals surface area contributed by atoms with E-state index in [-0.39, 0.29) is 12.5 Å². The standard InChI is InChI=1S/C13H16INO2/c1-2-3-4-7-15-11-8-10(14)5-6-12(11)17-9-13(15)16/h5-6,8H,2-4,7,9H2,1H3. The summed E-state index contributed by atoms with van der Waals surface area (Å²) in [6.07, 6.45) is 3.37. The second-order valence-electron chi connectivity index (χ2n) is 4.15. The van der Waals surface area contributed by atoms with E-state index < -0.39 is 0 Å². The van der Waals surface area contributed by atoms with E-state index >= 15 is 0 Å². The number of fused-ring (bicyclic) bond motifs is 1. The van der Waals surface area contributed by atoms with Crippen molar-refractivity contribution >= 4 is 34.2 Å². The van der Waals surface area contributed by atoms with Crippen LogP contribution in [0.1, 0.15) is 26.2 Å². The van der Waals surface area contributed by atoms with E-state index in [1.54, 1.807) is 0 Å². The molecule has 92 valence electrons. The van der Waals surface area contributed by atoms with E-state index in [2.05, 4.69) is 29.5 Å². The fourth-order valence-electron chi connectivity index (χ4n) is 1.94. The minimum Gasteiger partial charge on any atom is -0.482 e. The third-order valence-electron chi connectivity index (χ3n) is 2.85. The number of benzene rings is 1. The molecule has 1 aliphatic rings. The van der Waals surface area contributed by atoms with Crippen molar-refractivity contribution < 1.29 is 9.53 Å². The van der Waals surface area contributed by atoms with Crippen molar-refractivity contribution in [2.24, 2.45) is 0 Å². The van der Waals surface area contributed by atoms with Crippen LogP contribution in [0.25, 0.3) is 0 Å². The molecule has 0 unspecified atom stereocenters. The van der Waals surface area contributed by atoms with Crippen molar-refractivity contribution in [3.8, 4) is 5.75 Å². The molecule has 0 aliphatic carbocycles. The Balaban J connectivity index is 2.20. The molecule has 1 aliphatic heterocycles. The van der Waals surface area contributed by atoms with Crippen LogP contribution < -0.4 is 9.64 Å². The summed E-state index contributed by atoms with van der Waals surface area (Å²) in [5.41, 5.74) is 0.921. The molecule has 17 heavy (non-hydrogen) atoms. The SMILES string of the molecule is CCCCCN1C(=O)COc2ccc(I)cc21. The fraction of sp³-hybridized carbons (Fsp3) is 0.462. The lowest BCUT2D eigenvalue weighted by molar-refractivity contribution is -0.121. The molecule has 0 bridgehead atoms. The van der Waals surface area contributed by atoms with Gasteiger partial charge in [0.15, 0.2) is 6.61 Å². The number of carbonyl (C=O) groups is 1. The van der Waals surface area contributed by atoms with Gasteiger partial charge in [0.05, 0.1) is 5.69 Å². The Kier molecular flexibility index (Phi) is 4.25. The van der Waals surface area contributed by atoms with Crippen LogP contribution in [0.2, 0.25) is 0 Å². The lowest BCUT2D eigenvalue weighted by Gasteiger charge is -2.29. The molecule has 1 amide bonds. The third-order valence-corrected chi connectivity index (χ3v) is 3.52. The van der Waals surface area contributed by atoms with Crippen LogP contribution in [0.15, 0.2) is 18.2 Å². The van der Waals surface area contributed by atoms with Crippen LogP contribution >= 0.6 is 22.6 Å². The van der Waals surface area contributed by atoms with Gasteiger partial charge in [-0.2, -0.15) is 0 Å². The van der Waals surface area contributed by atoms with Crippen LogP contribution in [-0.2, 0) is 4.79 Å². The Labute approximate surface area is 115 Å². The van der Waals surface area contributed by atoms with Crippen molar-refractivity contribution in [3.05, 3.63) is 21.8 Å². The Hall–Kier alpha value is -0.780. The molecule has 1 heterocycles. The van der Waals surface area contributed by atoms with E-state index in [1.807, 2.05) is 23.1 Å². The van der Waals surface area contributed by atoms with E-state index in [9.17, 15) is 4.79 Å². The predicted molar refractivity (Wildman–Crippen MR) is 76.5 cm³/mol. The highest BCUT2D eigenvalue weighted by Crippen LogP contribution is 2.33. The minimum atomic E-state index is 0.0654. The van der Waals surface area contributed by atoms with Gasteiger partial charge >= 0.3 is 0 Å². The minimum absolute atomic E-state index is 0.0654. The van der Waals surface area contributed by atoms with Gasteiger partial charge in [0.25, 0.3) is 5.91 Å². The molecule has 0 spiro atoms. The number of rotatable bonds is 4. The molecule has 1 aromatic carbocycles. The average Bonchev–Trinajstić information content (AvgIpc) is 2.32. The molecule has 1 aromatic rings. The molecule has 2 rings (SSSR count). The zero-order valence-corrected chi connectivity index (χ0v) is 12.1. The Bertz CT molecular complexity index is 420. The van der Waals surface area contributed by atoms with Gasteiger partial charge in [0.1, 0.15) is 5.75 Å². The zero-order valence-electron chi connectivity index (χ0n) is 9.91. The Morgan fingerprint density at radius 3 is 3.00 bits per heavy atom. The number of anilines is 1. The zero-order chi connectivity index (χ0) is 12.3. The normalized spacial score (nSPS) is 14.5. The monoisotopic (exact) mass is 345 g/mol. The first-order chi connectivity index (χ1) is 8.22. The first-order valence-electron chi connectivity index (χ1n) is 5.95. The van der Waals surface area contributed by atoms with Crippen LogP contribution in [0, 0.1) is 3.57 Å². The molecule has 0 atom stereocenters. The largest absolute Gasteiger partial charge is 0.482 e. The number of carbonyl (C=O) groups excluding carboxylic acids is 1. The third kappa shape index (κ3) is 2.91. The summed E-state index contributed by atoms with van der Waals surface area (Å²) in [4.78, 5) is 13.7. The quantitative estimate of drug-likeness (QED) is 0.620. The van der Waals surface area contributed by atoms with Crippen molar-refractivity contribution in [3.63, 3.8) is 0 Å². The maximum absolute atomic E-state index is 11.9. The fourth-order valence-corrected chi connectivity index (χ4v) is 2.42. The first-order valence-corrected chi connectivity index (χ1v) is 7.03. The van der Waals surface area contributed by atoms with Crippen LogP contribution in [-0.4, -0.2) is 19.1 Å². The summed E-state index contributed by atoms with van der Waals surface area (Å²) in [5.74, 6) is 0.886. The number of unbranched alkanes of at least 4 members (excludes halogenated alkanes) is 2. The van der Waals surface area contributed by atoms with Gasteiger partial charge in [0.2, 0.25) is 0 Å². The van der Waals surface area contributed by atoms with Crippen molar-refractivity contribution in [1.82, 2.24) is 0 Å². The lowest BCUT2D eigenvalue weighted by Crippen LogP contribution is -2.39. The Morgan fingerprint density at radius 1 is 1.41 bits per heavy atom. The van der Waals surface area contributed by atoms with E-state index in [4.69, 9.17) is 4.74 Å². The number of ether oxygens (including phenoxy) is 1. The van der Waals surface area contributed by atoms with Crippen molar-refractivity contribution in [2.75, 3.05) is 18.1 Å². The van der Waals surface area contributed by atoms with Gasteiger partial charge in [0, 0.05) is 10.1 Å². The van der Waals surface area contributed by atoms with E-state index in [0.717, 1.165) is 40.8 Å². The number of amides is 1. The summed E-state index contributed by atoms with van der Waals surface area (Å²) < 4.78 is 6.56.